The number of hydrogen-bond acceptors (Lipinski definition) is 1. The molecule has 1 aromatic rings. The van der Waals surface area contributed by atoms with Crippen LogP contribution in [0, 0.1) is 20.8 Å². The highest BCUT2D eigenvalue weighted by Gasteiger charge is 2.06. The zero-order chi connectivity index (χ0) is 7.72. The highest BCUT2D eigenvalue weighted by molar-refractivity contribution is 5.16. The fourth-order valence-electron chi connectivity index (χ4n) is 0.883. The second kappa shape index (κ2) is 2.37. The Hall–Kier alpha value is -0.920. The van der Waals surface area contributed by atoms with Gasteiger partial charge in [0.05, 0.1) is 7.05 Å². The average Bonchev–Trinajstić information content (AvgIpc) is 1.93. The second-order valence-corrected chi connectivity index (χ2v) is 2.65. The maximum absolute atomic E-state index is 4.20. The van der Waals surface area contributed by atoms with Crippen LogP contribution in [0.25, 0.3) is 0 Å². The van der Waals surface area contributed by atoms with E-state index in [-0.39, 0.29) is 0 Å². The van der Waals surface area contributed by atoms with E-state index in [1.165, 1.54) is 11.3 Å². The minimum Gasteiger partial charge on any atom is -0.237 e. The number of rotatable bonds is 0. The summed E-state index contributed by atoms with van der Waals surface area (Å²) in [6, 6.07) is 0. The Morgan fingerprint density at radius 1 is 1.30 bits per heavy atom. The summed E-state index contributed by atoms with van der Waals surface area (Å²) in [5, 5.41) is 0. The Labute approximate surface area is 61.5 Å². The van der Waals surface area contributed by atoms with E-state index in [9.17, 15) is 0 Å². The largest absolute Gasteiger partial charge is 0.286 e. The molecule has 1 rings (SSSR count). The number of aryl methyl sites for hydroxylation is 2. The fourth-order valence-corrected chi connectivity index (χ4v) is 0.883. The molecule has 0 radical (unpaired) electrons. The smallest absolute Gasteiger partial charge is 0.237 e. The van der Waals surface area contributed by atoms with E-state index in [4.69, 9.17) is 0 Å². The molecule has 0 saturated carbocycles. The summed E-state index contributed by atoms with van der Waals surface area (Å²) in [7, 11) is 2.01. The maximum Gasteiger partial charge on any atom is 0.286 e. The van der Waals surface area contributed by atoms with Gasteiger partial charge in [-0.3, -0.25) is 0 Å². The van der Waals surface area contributed by atoms with E-state index in [1.807, 2.05) is 24.9 Å². The van der Waals surface area contributed by atoms with Gasteiger partial charge < -0.3 is 0 Å². The Morgan fingerprint density at radius 2 is 1.90 bits per heavy atom. The van der Waals surface area contributed by atoms with E-state index in [0.717, 1.165) is 5.69 Å². The zero-order valence-corrected chi connectivity index (χ0v) is 6.97. The Balaban J connectivity index is 3.34. The topological polar surface area (TPSA) is 16.8 Å². The van der Waals surface area contributed by atoms with Crippen LogP contribution in [-0.4, -0.2) is 4.98 Å². The van der Waals surface area contributed by atoms with E-state index in [0.29, 0.717) is 0 Å². The van der Waals surface area contributed by atoms with Gasteiger partial charge >= 0.3 is 0 Å². The average molecular weight is 137 g/mol. The van der Waals surface area contributed by atoms with Crippen LogP contribution in [0.5, 0.6) is 0 Å². The highest BCUT2D eigenvalue weighted by atomic mass is 15.0. The van der Waals surface area contributed by atoms with Crippen molar-refractivity contribution in [1.82, 2.24) is 4.98 Å². The number of nitrogens with zero attached hydrogens (tertiary/aromatic N) is 2. The van der Waals surface area contributed by atoms with Crippen LogP contribution in [0.2, 0.25) is 0 Å². The third-order valence-corrected chi connectivity index (χ3v) is 2.04. The molecule has 1 heterocycles. The molecule has 0 aliphatic rings. The van der Waals surface area contributed by atoms with Gasteiger partial charge in [0.25, 0.3) is 6.33 Å². The van der Waals surface area contributed by atoms with Gasteiger partial charge in [-0.1, -0.05) is 4.98 Å². The SMILES string of the molecule is Cc1nc[n+](C)c(C)c1C. The van der Waals surface area contributed by atoms with Crippen molar-refractivity contribution >= 4 is 0 Å². The van der Waals surface area contributed by atoms with Gasteiger partial charge in [-0.2, -0.15) is 0 Å². The van der Waals surface area contributed by atoms with Crippen molar-refractivity contribution in [2.75, 3.05) is 0 Å². The fraction of sp³-hybridized carbons (Fsp3) is 0.500. The Kier molecular flexibility index (Phi) is 1.70. The maximum atomic E-state index is 4.20. The lowest BCUT2D eigenvalue weighted by Crippen LogP contribution is -2.33. The first-order valence-electron chi connectivity index (χ1n) is 3.41. The van der Waals surface area contributed by atoms with Crippen molar-refractivity contribution in [3.05, 3.63) is 23.3 Å². The van der Waals surface area contributed by atoms with Gasteiger partial charge in [-0.05, 0) is 13.8 Å². The van der Waals surface area contributed by atoms with Crippen LogP contribution < -0.4 is 4.57 Å². The van der Waals surface area contributed by atoms with Gasteiger partial charge in [0.15, 0.2) is 5.69 Å². The standard InChI is InChI=1S/C8H13N2/c1-6-7(2)9-5-10(4)8(6)3/h5H,1-4H3/q+1. The van der Waals surface area contributed by atoms with E-state index < -0.39 is 0 Å². The van der Waals surface area contributed by atoms with Crippen molar-refractivity contribution < 1.29 is 4.57 Å². The van der Waals surface area contributed by atoms with Crippen molar-refractivity contribution in [3.8, 4) is 0 Å². The van der Waals surface area contributed by atoms with Crippen LogP contribution in [0.1, 0.15) is 17.0 Å². The Morgan fingerprint density at radius 3 is 2.40 bits per heavy atom. The third-order valence-electron chi connectivity index (χ3n) is 2.04. The lowest BCUT2D eigenvalue weighted by molar-refractivity contribution is -0.681. The first-order valence-corrected chi connectivity index (χ1v) is 3.41. The molecule has 2 nitrogen and oxygen atoms in total. The third kappa shape index (κ3) is 1.01. The summed E-state index contributed by atoms with van der Waals surface area (Å²) >= 11 is 0. The van der Waals surface area contributed by atoms with Gasteiger partial charge in [0.2, 0.25) is 0 Å². The predicted octanol–water partition coefficient (Wildman–Crippen LogP) is 0.831. The van der Waals surface area contributed by atoms with Gasteiger partial charge in [-0.15, -0.1) is 0 Å². The van der Waals surface area contributed by atoms with Crippen LogP contribution in [0.15, 0.2) is 6.33 Å². The summed E-state index contributed by atoms with van der Waals surface area (Å²) in [6.07, 6.45) is 1.84. The van der Waals surface area contributed by atoms with Gasteiger partial charge in [0.1, 0.15) is 5.69 Å². The lowest BCUT2D eigenvalue weighted by Gasteiger charge is -1.99. The predicted molar refractivity (Wildman–Crippen MR) is 39.6 cm³/mol. The van der Waals surface area contributed by atoms with Crippen molar-refractivity contribution in [1.29, 1.82) is 0 Å². The Bertz CT molecular complexity index is 227. The molecule has 0 N–H and O–H groups in total. The molecular formula is C8H13N2+. The lowest BCUT2D eigenvalue weighted by atomic mass is 10.2. The molecule has 0 aromatic carbocycles. The molecule has 0 aliphatic carbocycles. The number of hydrogen-bond donors (Lipinski definition) is 0. The molecule has 0 aliphatic heterocycles. The normalized spacial score (nSPS) is 10.0. The second-order valence-electron chi connectivity index (χ2n) is 2.65. The molecule has 0 amide bonds. The van der Waals surface area contributed by atoms with Crippen LogP contribution >= 0.6 is 0 Å². The van der Waals surface area contributed by atoms with E-state index in [1.54, 1.807) is 0 Å². The van der Waals surface area contributed by atoms with Crippen LogP contribution in [0.3, 0.4) is 0 Å². The summed E-state index contributed by atoms with van der Waals surface area (Å²) in [4.78, 5) is 4.20. The summed E-state index contributed by atoms with van der Waals surface area (Å²) in [6.45, 7) is 6.23. The minimum absolute atomic E-state index is 1.12. The van der Waals surface area contributed by atoms with Gasteiger partial charge in [0, 0.05) is 12.5 Å². The summed E-state index contributed by atoms with van der Waals surface area (Å²) in [5.41, 5.74) is 3.69. The van der Waals surface area contributed by atoms with Crippen LogP contribution in [-0.2, 0) is 7.05 Å². The molecule has 1 aromatic heterocycles. The molecule has 0 atom stereocenters. The molecule has 0 bridgehead atoms. The molecular weight excluding hydrogens is 124 g/mol. The quantitative estimate of drug-likeness (QED) is 0.484. The molecule has 10 heavy (non-hydrogen) atoms. The van der Waals surface area contributed by atoms with Crippen molar-refractivity contribution in [2.24, 2.45) is 7.05 Å². The zero-order valence-electron chi connectivity index (χ0n) is 6.97. The summed E-state index contributed by atoms with van der Waals surface area (Å²) < 4.78 is 2.03. The highest BCUT2D eigenvalue weighted by Crippen LogP contribution is 2.02. The van der Waals surface area contributed by atoms with Crippen molar-refractivity contribution in [3.63, 3.8) is 0 Å². The minimum atomic E-state index is 1.12. The molecule has 0 spiro atoms. The molecule has 0 saturated heterocycles. The molecule has 0 fully saturated rings. The first-order chi connectivity index (χ1) is 4.63. The van der Waals surface area contributed by atoms with Crippen LogP contribution in [0.4, 0.5) is 0 Å². The van der Waals surface area contributed by atoms with Gasteiger partial charge in [-0.25, -0.2) is 4.57 Å². The van der Waals surface area contributed by atoms with E-state index in [2.05, 4.69) is 18.8 Å². The summed E-state index contributed by atoms with van der Waals surface area (Å²) in [5.74, 6) is 0. The number of aromatic nitrogens is 2. The van der Waals surface area contributed by atoms with Crippen molar-refractivity contribution in [2.45, 2.75) is 20.8 Å². The molecule has 54 valence electrons. The monoisotopic (exact) mass is 137 g/mol. The molecule has 0 unspecified atom stereocenters. The van der Waals surface area contributed by atoms with E-state index >= 15 is 0 Å². The molecule has 2 heteroatoms. The first kappa shape index (κ1) is 7.19.